The first-order chi connectivity index (χ1) is 8.76. The number of hydrogen-bond acceptors (Lipinski definition) is 3. The van der Waals surface area contributed by atoms with Gasteiger partial charge in [0, 0.05) is 46.9 Å². The van der Waals surface area contributed by atoms with Gasteiger partial charge in [0.25, 0.3) is 5.91 Å². The van der Waals surface area contributed by atoms with Crippen LogP contribution in [-0.2, 0) is 9.53 Å². The van der Waals surface area contributed by atoms with Crippen molar-refractivity contribution in [2.45, 2.75) is 18.9 Å². The Labute approximate surface area is 108 Å². The van der Waals surface area contributed by atoms with Crippen LogP contribution in [0.2, 0.25) is 0 Å². The molecule has 18 heavy (non-hydrogen) atoms. The fraction of sp³-hybridized carbons (Fsp3) is 0.833. The number of nitrogens with zero attached hydrogens (tertiary/aromatic N) is 3. The Hall–Kier alpha value is -1.30. The zero-order valence-corrected chi connectivity index (χ0v) is 11.2. The smallest absolute Gasteiger partial charge is 0.251 e. The van der Waals surface area contributed by atoms with Crippen LogP contribution in [0, 0.1) is 0 Å². The van der Waals surface area contributed by atoms with Gasteiger partial charge >= 0.3 is 0 Å². The van der Waals surface area contributed by atoms with Crippen molar-refractivity contribution in [1.29, 1.82) is 0 Å². The van der Waals surface area contributed by atoms with Crippen molar-refractivity contribution in [3.63, 3.8) is 0 Å². The second-order valence-electron chi connectivity index (χ2n) is 4.61. The summed E-state index contributed by atoms with van der Waals surface area (Å²) in [5.41, 5.74) is 0. The van der Waals surface area contributed by atoms with E-state index in [1.807, 2.05) is 11.9 Å². The van der Waals surface area contributed by atoms with Gasteiger partial charge in [-0.3, -0.25) is 9.79 Å². The first-order valence-corrected chi connectivity index (χ1v) is 6.56. The van der Waals surface area contributed by atoms with Crippen molar-refractivity contribution in [3.8, 4) is 0 Å². The monoisotopic (exact) mass is 254 g/mol. The molecule has 2 aliphatic rings. The maximum atomic E-state index is 12.2. The quantitative estimate of drug-likeness (QED) is 0.507. The van der Waals surface area contributed by atoms with E-state index in [4.69, 9.17) is 4.74 Å². The zero-order valence-electron chi connectivity index (χ0n) is 11.2. The highest BCUT2D eigenvalue weighted by Crippen LogP contribution is 2.15. The topological polar surface area (TPSA) is 57.2 Å². The van der Waals surface area contributed by atoms with E-state index in [0.717, 1.165) is 51.6 Å². The van der Waals surface area contributed by atoms with Gasteiger partial charge in [-0.05, 0) is 12.8 Å². The first-order valence-electron chi connectivity index (χ1n) is 6.56. The SMILES string of the molecule is CN=C(NC)N1CCN(C(=O)C2CCCO2)CC1. The van der Waals surface area contributed by atoms with Gasteiger partial charge in [0.05, 0.1) is 0 Å². The molecule has 6 nitrogen and oxygen atoms in total. The van der Waals surface area contributed by atoms with Crippen LogP contribution >= 0.6 is 0 Å². The van der Waals surface area contributed by atoms with E-state index >= 15 is 0 Å². The van der Waals surface area contributed by atoms with Crippen LogP contribution in [-0.4, -0.2) is 74.7 Å². The fourth-order valence-corrected chi connectivity index (χ4v) is 2.53. The van der Waals surface area contributed by atoms with E-state index in [9.17, 15) is 4.79 Å². The molecule has 1 atom stereocenters. The number of piperazine rings is 1. The van der Waals surface area contributed by atoms with Crippen LogP contribution in [0.5, 0.6) is 0 Å². The number of ether oxygens (including phenoxy) is 1. The van der Waals surface area contributed by atoms with Crippen molar-refractivity contribution >= 4 is 11.9 Å². The summed E-state index contributed by atoms with van der Waals surface area (Å²) in [6, 6.07) is 0. The summed E-state index contributed by atoms with van der Waals surface area (Å²) in [6.07, 6.45) is 1.68. The number of carbonyl (C=O) groups excluding carboxylic acids is 1. The molecule has 2 rings (SSSR count). The molecule has 0 aromatic carbocycles. The van der Waals surface area contributed by atoms with Crippen LogP contribution in [0.25, 0.3) is 0 Å². The number of aliphatic imine (C=N–C) groups is 1. The van der Waals surface area contributed by atoms with Gasteiger partial charge in [0.15, 0.2) is 5.96 Å². The third-order valence-corrected chi connectivity index (χ3v) is 3.53. The Balaban J connectivity index is 1.84. The predicted molar refractivity (Wildman–Crippen MR) is 69.5 cm³/mol. The molecule has 1 amide bonds. The van der Waals surface area contributed by atoms with Gasteiger partial charge in [-0.25, -0.2) is 0 Å². The number of amides is 1. The van der Waals surface area contributed by atoms with Crippen LogP contribution in [0.15, 0.2) is 4.99 Å². The molecule has 102 valence electrons. The minimum absolute atomic E-state index is 0.159. The number of carbonyl (C=O) groups is 1. The second kappa shape index (κ2) is 6.04. The molecule has 1 unspecified atom stereocenters. The van der Waals surface area contributed by atoms with Gasteiger partial charge in [0.1, 0.15) is 6.10 Å². The normalized spacial score (nSPS) is 25.4. The Morgan fingerprint density at radius 2 is 1.94 bits per heavy atom. The van der Waals surface area contributed by atoms with Crippen LogP contribution in [0.3, 0.4) is 0 Å². The van der Waals surface area contributed by atoms with E-state index in [1.165, 1.54) is 0 Å². The second-order valence-corrected chi connectivity index (χ2v) is 4.61. The molecule has 2 aliphatic heterocycles. The van der Waals surface area contributed by atoms with Crippen molar-refractivity contribution in [1.82, 2.24) is 15.1 Å². The number of hydrogen-bond donors (Lipinski definition) is 1. The van der Waals surface area contributed by atoms with Crippen molar-refractivity contribution in [2.24, 2.45) is 4.99 Å². The number of nitrogens with one attached hydrogen (secondary N) is 1. The summed E-state index contributed by atoms with van der Waals surface area (Å²) >= 11 is 0. The van der Waals surface area contributed by atoms with Gasteiger partial charge < -0.3 is 19.9 Å². The Morgan fingerprint density at radius 1 is 1.28 bits per heavy atom. The van der Waals surface area contributed by atoms with Gasteiger partial charge in [-0.15, -0.1) is 0 Å². The highest BCUT2D eigenvalue weighted by Gasteiger charge is 2.30. The van der Waals surface area contributed by atoms with Crippen LogP contribution in [0.4, 0.5) is 0 Å². The third-order valence-electron chi connectivity index (χ3n) is 3.53. The van der Waals surface area contributed by atoms with Crippen molar-refractivity contribution in [2.75, 3.05) is 46.9 Å². The van der Waals surface area contributed by atoms with E-state index in [-0.39, 0.29) is 12.0 Å². The minimum atomic E-state index is -0.194. The fourth-order valence-electron chi connectivity index (χ4n) is 2.53. The summed E-state index contributed by atoms with van der Waals surface area (Å²) in [5, 5.41) is 3.07. The Kier molecular flexibility index (Phi) is 4.41. The molecule has 0 aromatic rings. The summed E-state index contributed by atoms with van der Waals surface area (Å²) in [4.78, 5) is 20.4. The molecule has 0 aromatic heterocycles. The summed E-state index contributed by atoms with van der Waals surface area (Å²) in [7, 11) is 3.64. The maximum absolute atomic E-state index is 12.2. The molecule has 0 saturated carbocycles. The average Bonchev–Trinajstić information content (AvgIpc) is 2.94. The maximum Gasteiger partial charge on any atom is 0.251 e. The highest BCUT2D eigenvalue weighted by molar-refractivity contribution is 5.82. The molecule has 0 radical (unpaired) electrons. The predicted octanol–water partition coefficient (Wildman–Crippen LogP) is -0.485. The molecule has 6 heteroatoms. The molecule has 1 N–H and O–H groups in total. The average molecular weight is 254 g/mol. The lowest BCUT2D eigenvalue weighted by atomic mass is 10.2. The van der Waals surface area contributed by atoms with Gasteiger partial charge in [0.2, 0.25) is 0 Å². The lowest BCUT2D eigenvalue weighted by molar-refractivity contribution is -0.142. The van der Waals surface area contributed by atoms with E-state index in [1.54, 1.807) is 7.05 Å². The number of rotatable bonds is 1. The Bertz CT molecular complexity index is 318. The molecular weight excluding hydrogens is 232 g/mol. The largest absolute Gasteiger partial charge is 0.368 e. The third kappa shape index (κ3) is 2.75. The number of guanidine groups is 1. The summed E-state index contributed by atoms with van der Waals surface area (Å²) in [6.45, 7) is 3.87. The van der Waals surface area contributed by atoms with Crippen LogP contribution in [0.1, 0.15) is 12.8 Å². The lowest BCUT2D eigenvalue weighted by Gasteiger charge is -2.36. The van der Waals surface area contributed by atoms with Crippen LogP contribution < -0.4 is 5.32 Å². The molecular formula is C12H22N4O2. The first kappa shape index (κ1) is 13.1. The summed E-state index contributed by atoms with van der Waals surface area (Å²) < 4.78 is 5.44. The molecule has 0 aliphatic carbocycles. The molecule has 2 fully saturated rings. The molecule has 0 spiro atoms. The van der Waals surface area contributed by atoms with Crippen molar-refractivity contribution in [3.05, 3.63) is 0 Å². The highest BCUT2D eigenvalue weighted by atomic mass is 16.5. The van der Waals surface area contributed by atoms with Gasteiger partial charge in [-0.1, -0.05) is 0 Å². The van der Waals surface area contributed by atoms with E-state index < -0.39 is 0 Å². The molecule has 2 heterocycles. The van der Waals surface area contributed by atoms with Gasteiger partial charge in [-0.2, -0.15) is 0 Å². The molecule has 2 saturated heterocycles. The van der Waals surface area contributed by atoms with E-state index in [2.05, 4.69) is 15.2 Å². The summed E-state index contributed by atoms with van der Waals surface area (Å²) in [5.74, 6) is 1.05. The molecule has 0 bridgehead atoms. The van der Waals surface area contributed by atoms with Crippen molar-refractivity contribution < 1.29 is 9.53 Å². The Morgan fingerprint density at radius 3 is 2.44 bits per heavy atom. The van der Waals surface area contributed by atoms with E-state index in [0.29, 0.717) is 0 Å². The standard InChI is InChI=1S/C12H22N4O2/c1-13-12(14-2)16-7-5-15(6-8-16)11(17)10-4-3-9-18-10/h10H,3-9H2,1-2H3,(H,13,14). The lowest BCUT2D eigenvalue weighted by Crippen LogP contribution is -2.54. The zero-order chi connectivity index (χ0) is 13.0. The minimum Gasteiger partial charge on any atom is -0.368 e.